The number of amides is 1. The molecule has 104 valence electrons. The molecule has 1 fully saturated rings. The van der Waals surface area contributed by atoms with Crippen LogP contribution in [0.1, 0.15) is 18.4 Å². The molecule has 1 unspecified atom stereocenters. The second-order valence-electron chi connectivity index (χ2n) is 4.57. The molecule has 19 heavy (non-hydrogen) atoms. The fourth-order valence-corrected chi connectivity index (χ4v) is 3.76. The number of rotatable bonds is 3. The molecule has 1 amide bonds. The Hall–Kier alpha value is -1.11. The Morgan fingerprint density at radius 2 is 2.16 bits per heavy atom. The molecule has 1 aromatic carbocycles. The van der Waals surface area contributed by atoms with Crippen LogP contribution in [0.2, 0.25) is 5.02 Å². The molecule has 0 saturated carbocycles. The fraction of sp³-hybridized carbons (Fsp3) is 0.417. The van der Waals surface area contributed by atoms with E-state index >= 15 is 0 Å². The van der Waals surface area contributed by atoms with Crippen LogP contribution in [0.15, 0.2) is 23.1 Å². The number of nitrogens with one attached hydrogen (secondary N) is 2. The SMILES string of the molecule is Cc1ccc(Cl)cc1S(=O)(=O)NC1CCC(=O)NC1. The number of sulfonamides is 1. The molecule has 1 atom stereocenters. The summed E-state index contributed by atoms with van der Waals surface area (Å²) in [5, 5.41) is 3.02. The molecular formula is C12H15ClN2O3S. The summed E-state index contributed by atoms with van der Waals surface area (Å²) in [6.45, 7) is 2.03. The highest BCUT2D eigenvalue weighted by atomic mass is 35.5. The standard InChI is InChI=1S/C12H15ClN2O3S/c1-8-2-3-9(13)6-11(8)19(17,18)15-10-4-5-12(16)14-7-10/h2-3,6,10,15H,4-5,7H2,1H3,(H,14,16). The number of hydrogen-bond donors (Lipinski definition) is 2. The third kappa shape index (κ3) is 3.46. The minimum atomic E-state index is -3.62. The van der Waals surface area contributed by atoms with Crippen molar-refractivity contribution in [1.29, 1.82) is 0 Å². The Morgan fingerprint density at radius 1 is 1.42 bits per heavy atom. The number of aryl methyl sites for hydroxylation is 1. The first-order chi connectivity index (χ1) is 8.88. The monoisotopic (exact) mass is 302 g/mol. The van der Waals surface area contributed by atoms with Gasteiger partial charge in [0.2, 0.25) is 15.9 Å². The molecule has 0 bridgehead atoms. The summed E-state index contributed by atoms with van der Waals surface area (Å²) in [5.74, 6) is -0.0469. The molecule has 1 aliphatic heterocycles. The van der Waals surface area contributed by atoms with Crippen molar-refractivity contribution in [2.45, 2.75) is 30.7 Å². The Bertz CT molecular complexity index is 591. The van der Waals surface area contributed by atoms with Crippen LogP contribution < -0.4 is 10.0 Å². The molecule has 1 aromatic rings. The Kier molecular flexibility index (Phi) is 4.13. The van der Waals surface area contributed by atoms with Crippen LogP contribution in [-0.2, 0) is 14.8 Å². The number of piperidine rings is 1. The summed E-state index contributed by atoms with van der Waals surface area (Å²) < 4.78 is 27.1. The molecule has 1 heterocycles. The Morgan fingerprint density at radius 3 is 2.79 bits per heavy atom. The third-order valence-electron chi connectivity index (χ3n) is 3.03. The number of carbonyl (C=O) groups is 1. The van der Waals surface area contributed by atoms with E-state index in [1.807, 2.05) is 0 Å². The van der Waals surface area contributed by atoms with Gasteiger partial charge in [-0.15, -0.1) is 0 Å². The van der Waals surface area contributed by atoms with E-state index in [0.29, 0.717) is 30.0 Å². The lowest BCUT2D eigenvalue weighted by atomic mass is 10.1. The van der Waals surface area contributed by atoms with E-state index in [1.165, 1.54) is 6.07 Å². The normalized spacial score (nSPS) is 20.1. The lowest BCUT2D eigenvalue weighted by Crippen LogP contribution is -2.47. The minimum Gasteiger partial charge on any atom is -0.355 e. The summed E-state index contributed by atoms with van der Waals surface area (Å²) >= 11 is 5.84. The zero-order valence-electron chi connectivity index (χ0n) is 10.4. The molecule has 0 aliphatic carbocycles. The van der Waals surface area contributed by atoms with Crippen molar-refractivity contribution in [2.24, 2.45) is 0 Å². The van der Waals surface area contributed by atoms with Crippen LogP contribution in [0.25, 0.3) is 0 Å². The van der Waals surface area contributed by atoms with Gasteiger partial charge in [-0.25, -0.2) is 13.1 Å². The van der Waals surface area contributed by atoms with Gasteiger partial charge in [0.25, 0.3) is 0 Å². The highest BCUT2D eigenvalue weighted by Gasteiger charge is 2.25. The molecule has 0 radical (unpaired) electrons. The van der Waals surface area contributed by atoms with E-state index < -0.39 is 10.0 Å². The number of hydrogen-bond acceptors (Lipinski definition) is 3. The van der Waals surface area contributed by atoms with Crippen molar-refractivity contribution in [3.05, 3.63) is 28.8 Å². The number of benzene rings is 1. The quantitative estimate of drug-likeness (QED) is 0.881. The van der Waals surface area contributed by atoms with E-state index in [9.17, 15) is 13.2 Å². The maximum atomic E-state index is 12.3. The van der Waals surface area contributed by atoms with E-state index in [1.54, 1.807) is 19.1 Å². The van der Waals surface area contributed by atoms with Crippen molar-refractivity contribution in [2.75, 3.05) is 6.54 Å². The average Bonchev–Trinajstić information content (AvgIpc) is 2.35. The Labute approximate surface area is 117 Å². The first-order valence-corrected chi connectivity index (χ1v) is 7.80. The smallest absolute Gasteiger partial charge is 0.241 e. The van der Waals surface area contributed by atoms with E-state index in [4.69, 9.17) is 11.6 Å². The molecule has 1 aliphatic rings. The van der Waals surface area contributed by atoms with Gasteiger partial charge in [-0.3, -0.25) is 4.79 Å². The fourth-order valence-electron chi connectivity index (χ4n) is 1.98. The number of halogens is 1. The van der Waals surface area contributed by atoms with Gasteiger partial charge < -0.3 is 5.32 Å². The van der Waals surface area contributed by atoms with Gasteiger partial charge in [-0.1, -0.05) is 17.7 Å². The lowest BCUT2D eigenvalue weighted by molar-refractivity contribution is -0.122. The minimum absolute atomic E-state index is 0.0469. The van der Waals surface area contributed by atoms with Gasteiger partial charge in [0.05, 0.1) is 4.90 Å². The van der Waals surface area contributed by atoms with Crippen molar-refractivity contribution < 1.29 is 13.2 Å². The van der Waals surface area contributed by atoms with Gasteiger partial charge in [0, 0.05) is 24.0 Å². The highest BCUT2D eigenvalue weighted by molar-refractivity contribution is 7.89. The summed E-state index contributed by atoms with van der Waals surface area (Å²) in [4.78, 5) is 11.2. The number of carbonyl (C=O) groups excluding carboxylic acids is 1. The van der Waals surface area contributed by atoms with E-state index in [-0.39, 0.29) is 16.8 Å². The Balaban J connectivity index is 2.18. The predicted octanol–water partition coefficient (Wildman–Crippen LogP) is 1.21. The van der Waals surface area contributed by atoms with Crippen LogP contribution in [0, 0.1) is 6.92 Å². The molecule has 5 nitrogen and oxygen atoms in total. The second-order valence-corrected chi connectivity index (χ2v) is 6.69. The maximum absolute atomic E-state index is 12.3. The molecule has 2 rings (SSSR count). The van der Waals surface area contributed by atoms with Crippen molar-refractivity contribution in [1.82, 2.24) is 10.0 Å². The molecule has 2 N–H and O–H groups in total. The van der Waals surface area contributed by atoms with E-state index in [2.05, 4.69) is 10.0 Å². The predicted molar refractivity (Wildman–Crippen MR) is 72.5 cm³/mol. The van der Waals surface area contributed by atoms with Gasteiger partial charge in [-0.05, 0) is 31.0 Å². The first kappa shape index (κ1) is 14.3. The molecule has 0 aromatic heterocycles. The zero-order chi connectivity index (χ0) is 14.0. The summed E-state index contributed by atoms with van der Waals surface area (Å²) in [6.07, 6.45) is 0.840. The van der Waals surface area contributed by atoms with Gasteiger partial charge in [0.1, 0.15) is 0 Å². The topological polar surface area (TPSA) is 75.3 Å². The largest absolute Gasteiger partial charge is 0.355 e. The third-order valence-corrected chi connectivity index (χ3v) is 4.92. The van der Waals surface area contributed by atoms with Crippen LogP contribution >= 0.6 is 11.6 Å². The van der Waals surface area contributed by atoms with Crippen LogP contribution in [0.3, 0.4) is 0 Å². The highest BCUT2D eigenvalue weighted by Crippen LogP contribution is 2.20. The zero-order valence-corrected chi connectivity index (χ0v) is 12.0. The summed E-state index contributed by atoms with van der Waals surface area (Å²) in [7, 11) is -3.62. The summed E-state index contributed by atoms with van der Waals surface area (Å²) in [6, 6.07) is 4.47. The van der Waals surface area contributed by atoms with Gasteiger partial charge in [-0.2, -0.15) is 0 Å². The average molecular weight is 303 g/mol. The van der Waals surface area contributed by atoms with Crippen molar-refractivity contribution in [3.63, 3.8) is 0 Å². The van der Waals surface area contributed by atoms with Crippen molar-refractivity contribution >= 4 is 27.5 Å². The van der Waals surface area contributed by atoms with Gasteiger partial charge in [0.15, 0.2) is 0 Å². The molecule has 1 saturated heterocycles. The van der Waals surface area contributed by atoms with Crippen molar-refractivity contribution in [3.8, 4) is 0 Å². The van der Waals surface area contributed by atoms with E-state index in [0.717, 1.165) is 0 Å². The second kappa shape index (κ2) is 5.48. The molecule has 7 heteroatoms. The van der Waals surface area contributed by atoms with Gasteiger partial charge >= 0.3 is 0 Å². The van der Waals surface area contributed by atoms with Crippen LogP contribution in [-0.4, -0.2) is 26.9 Å². The van der Waals surface area contributed by atoms with Crippen LogP contribution in [0.5, 0.6) is 0 Å². The summed E-state index contributed by atoms with van der Waals surface area (Å²) in [5.41, 5.74) is 0.636. The maximum Gasteiger partial charge on any atom is 0.241 e. The molecule has 0 spiro atoms. The molecular weight excluding hydrogens is 288 g/mol. The van der Waals surface area contributed by atoms with Crippen LogP contribution in [0.4, 0.5) is 0 Å². The first-order valence-electron chi connectivity index (χ1n) is 5.94. The lowest BCUT2D eigenvalue weighted by Gasteiger charge is -2.23.